The van der Waals surface area contributed by atoms with Gasteiger partial charge in [-0.3, -0.25) is 4.79 Å². The number of carbonyl (C=O) groups excluding carboxylic acids is 1. The van der Waals surface area contributed by atoms with E-state index in [2.05, 4.69) is 15.9 Å². The van der Waals surface area contributed by atoms with Gasteiger partial charge in [-0.1, -0.05) is 19.3 Å². The van der Waals surface area contributed by atoms with Crippen molar-refractivity contribution in [3.8, 4) is 5.75 Å². The molecule has 0 aromatic heterocycles. The van der Waals surface area contributed by atoms with Gasteiger partial charge in [0.25, 0.3) is 0 Å². The number of rotatable bonds is 4. The van der Waals surface area contributed by atoms with E-state index in [1.807, 2.05) is 0 Å². The van der Waals surface area contributed by atoms with Crippen LogP contribution in [0.5, 0.6) is 5.75 Å². The van der Waals surface area contributed by atoms with Crippen LogP contribution in [0.1, 0.15) is 42.5 Å². The highest BCUT2D eigenvalue weighted by atomic mass is 79.9. The number of amides is 1. The normalized spacial score (nSPS) is 18.0. The number of benzene rings is 1. The van der Waals surface area contributed by atoms with Gasteiger partial charge in [0.05, 0.1) is 10.0 Å². The Labute approximate surface area is 121 Å². The number of nitrogens with two attached hydrogens (primary N) is 2. The molecule has 0 radical (unpaired) electrons. The van der Waals surface area contributed by atoms with Gasteiger partial charge in [0.2, 0.25) is 5.91 Å². The fraction of sp³-hybridized carbons (Fsp3) is 0.500. The Bertz CT molecular complexity index is 471. The molecule has 0 atom stereocenters. The van der Waals surface area contributed by atoms with Crippen LogP contribution in [0, 0.1) is 0 Å². The molecule has 0 unspecified atom stereocenters. The largest absolute Gasteiger partial charge is 0.490 e. The maximum absolute atomic E-state index is 11.1. The van der Waals surface area contributed by atoms with Gasteiger partial charge < -0.3 is 16.2 Å². The summed E-state index contributed by atoms with van der Waals surface area (Å²) in [4.78, 5) is 11.1. The Morgan fingerprint density at radius 3 is 2.58 bits per heavy atom. The zero-order chi connectivity index (χ0) is 13.9. The molecule has 0 aliphatic heterocycles. The van der Waals surface area contributed by atoms with Gasteiger partial charge in [-0.2, -0.15) is 0 Å². The molecule has 1 aromatic rings. The third-order valence-electron chi connectivity index (χ3n) is 3.58. The fourth-order valence-electron chi connectivity index (χ4n) is 2.39. The van der Waals surface area contributed by atoms with E-state index in [9.17, 15) is 4.79 Å². The van der Waals surface area contributed by atoms with Gasteiger partial charge in [-0.15, -0.1) is 0 Å². The lowest BCUT2D eigenvalue weighted by atomic mass is 9.83. The number of carbonyl (C=O) groups is 1. The van der Waals surface area contributed by atoms with Crippen molar-refractivity contribution in [1.29, 1.82) is 0 Å². The van der Waals surface area contributed by atoms with Gasteiger partial charge in [0.15, 0.2) is 0 Å². The number of primary amides is 1. The maximum atomic E-state index is 11.1. The standard InChI is InChI=1S/C14H19BrN2O2/c15-11-8-10(13(16)18)4-5-12(11)19-9-14(17)6-2-1-3-7-14/h4-5,8H,1-3,6-7,9,17H2,(H2,16,18). The van der Waals surface area contributed by atoms with E-state index in [0.29, 0.717) is 17.9 Å². The average molecular weight is 327 g/mol. The molecular formula is C14H19BrN2O2. The second kappa shape index (κ2) is 5.92. The summed E-state index contributed by atoms with van der Waals surface area (Å²) in [6, 6.07) is 5.07. The highest BCUT2D eigenvalue weighted by molar-refractivity contribution is 9.10. The Morgan fingerprint density at radius 1 is 1.32 bits per heavy atom. The summed E-state index contributed by atoms with van der Waals surface area (Å²) >= 11 is 3.38. The van der Waals surface area contributed by atoms with Crippen LogP contribution < -0.4 is 16.2 Å². The third kappa shape index (κ3) is 3.70. The summed E-state index contributed by atoms with van der Waals surface area (Å²) in [5, 5.41) is 0. The first-order chi connectivity index (χ1) is 9.00. The Morgan fingerprint density at radius 2 is 2.00 bits per heavy atom. The summed E-state index contributed by atoms with van der Waals surface area (Å²) in [6.07, 6.45) is 5.60. The topological polar surface area (TPSA) is 78.3 Å². The predicted molar refractivity (Wildman–Crippen MR) is 78.2 cm³/mol. The summed E-state index contributed by atoms with van der Waals surface area (Å²) in [7, 11) is 0. The van der Waals surface area contributed by atoms with Crippen molar-refractivity contribution in [2.45, 2.75) is 37.6 Å². The molecule has 1 aromatic carbocycles. The molecule has 19 heavy (non-hydrogen) atoms. The lowest BCUT2D eigenvalue weighted by Gasteiger charge is -2.33. The molecule has 2 rings (SSSR count). The van der Waals surface area contributed by atoms with E-state index in [1.165, 1.54) is 19.3 Å². The van der Waals surface area contributed by atoms with Crippen molar-refractivity contribution in [2.75, 3.05) is 6.61 Å². The summed E-state index contributed by atoms with van der Waals surface area (Å²) in [5.41, 5.74) is 11.8. The van der Waals surface area contributed by atoms with Crippen molar-refractivity contribution in [3.63, 3.8) is 0 Å². The van der Waals surface area contributed by atoms with Gasteiger partial charge >= 0.3 is 0 Å². The Hall–Kier alpha value is -1.07. The summed E-state index contributed by atoms with van der Waals surface area (Å²) in [6.45, 7) is 0.502. The zero-order valence-corrected chi connectivity index (χ0v) is 12.4. The number of halogens is 1. The van der Waals surface area contributed by atoms with Crippen molar-refractivity contribution < 1.29 is 9.53 Å². The lowest BCUT2D eigenvalue weighted by Crippen LogP contribution is -2.47. The quantitative estimate of drug-likeness (QED) is 0.892. The molecule has 0 bridgehead atoms. The molecule has 1 saturated carbocycles. The van der Waals surface area contributed by atoms with E-state index in [1.54, 1.807) is 18.2 Å². The maximum Gasteiger partial charge on any atom is 0.248 e. The first-order valence-corrected chi connectivity index (χ1v) is 7.30. The van der Waals surface area contributed by atoms with Gasteiger partial charge in [-0.05, 0) is 47.0 Å². The molecule has 4 nitrogen and oxygen atoms in total. The minimum Gasteiger partial charge on any atom is -0.490 e. The molecule has 0 spiro atoms. The first-order valence-electron chi connectivity index (χ1n) is 6.51. The number of ether oxygens (including phenoxy) is 1. The molecular weight excluding hydrogens is 308 g/mol. The van der Waals surface area contributed by atoms with Crippen LogP contribution in [0.3, 0.4) is 0 Å². The first kappa shape index (κ1) is 14.3. The molecule has 104 valence electrons. The molecule has 0 heterocycles. The van der Waals surface area contributed by atoms with E-state index in [4.69, 9.17) is 16.2 Å². The second-order valence-electron chi connectivity index (χ2n) is 5.22. The summed E-state index contributed by atoms with van der Waals surface area (Å²) < 4.78 is 6.52. The van der Waals surface area contributed by atoms with Crippen molar-refractivity contribution in [3.05, 3.63) is 28.2 Å². The van der Waals surface area contributed by atoms with Crippen LogP contribution in [0.4, 0.5) is 0 Å². The number of hydrogen-bond donors (Lipinski definition) is 2. The lowest BCUT2D eigenvalue weighted by molar-refractivity contribution is 0.1000. The third-order valence-corrected chi connectivity index (χ3v) is 4.20. The summed E-state index contributed by atoms with van der Waals surface area (Å²) in [5.74, 6) is 0.246. The monoisotopic (exact) mass is 326 g/mol. The average Bonchev–Trinajstić information content (AvgIpc) is 2.38. The molecule has 5 heteroatoms. The van der Waals surface area contributed by atoms with Gasteiger partial charge in [-0.25, -0.2) is 0 Å². The van der Waals surface area contributed by atoms with E-state index in [0.717, 1.165) is 17.3 Å². The van der Waals surface area contributed by atoms with Gasteiger partial charge in [0.1, 0.15) is 12.4 Å². The zero-order valence-electron chi connectivity index (χ0n) is 10.8. The van der Waals surface area contributed by atoms with Crippen LogP contribution in [0.15, 0.2) is 22.7 Å². The van der Waals surface area contributed by atoms with E-state index < -0.39 is 5.91 Å². The van der Waals surface area contributed by atoms with Crippen molar-refractivity contribution in [1.82, 2.24) is 0 Å². The smallest absolute Gasteiger partial charge is 0.248 e. The fourth-order valence-corrected chi connectivity index (χ4v) is 2.89. The molecule has 4 N–H and O–H groups in total. The SMILES string of the molecule is NC(=O)c1ccc(OCC2(N)CCCCC2)c(Br)c1. The molecule has 1 fully saturated rings. The predicted octanol–water partition coefficient (Wildman–Crippen LogP) is 2.59. The van der Waals surface area contributed by atoms with Crippen molar-refractivity contribution >= 4 is 21.8 Å². The molecule has 0 saturated heterocycles. The molecule has 1 amide bonds. The highest BCUT2D eigenvalue weighted by Gasteiger charge is 2.28. The highest BCUT2D eigenvalue weighted by Crippen LogP contribution is 2.30. The van der Waals surface area contributed by atoms with Crippen molar-refractivity contribution in [2.24, 2.45) is 11.5 Å². The van der Waals surface area contributed by atoms with Crippen LogP contribution in [0.2, 0.25) is 0 Å². The minimum atomic E-state index is -0.449. The number of hydrogen-bond acceptors (Lipinski definition) is 3. The second-order valence-corrected chi connectivity index (χ2v) is 6.08. The van der Waals surface area contributed by atoms with Crippen LogP contribution in [-0.2, 0) is 0 Å². The van der Waals surface area contributed by atoms with E-state index in [-0.39, 0.29) is 5.54 Å². The van der Waals surface area contributed by atoms with E-state index >= 15 is 0 Å². The van der Waals surface area contributed by atoms with Crippen LogP contribution >= 0.6 is 15.9 Å². The van der Waals surface area contributed by atoms with Crippen LogP contribution in [0.25, 0.3) is 0 Å². The van der Waals surface area contributed by atoms with Gasteiger partial charge in [0, 0.05) is 5.56 Å². The van der Waals surface area contributed by atoms with Crippen LogP contribution in [-0.4, -0.2) is 18.1 Å². The Kier molecular flexibility index (Phi) is 4.47. The molecule has 1 aliphatic carbocycles. The minimum absolute atomic E-state index is 0.222. The Balaban J connectivity index is 2.01. The molecule has 1 aliphatic rings.